The fourth-order valence-electron chi connectivity index (χ4n) is 4.35. The number of anilines is 1. The molecule has 1 atom stereocenters. The summed E-state index contributed by atoms with van der Waals surface area (Å²) in [7, 11) is 0. The molecule has 7 nitrogen and oxygen atoms in total. The Labute approximate surface area is 196 Å². The highest BCUT2D eigenvalue weighted by Gasteiger charge is 2.29. The van der Waals surface area contributed by atoms with Gasteiger partial charge in [0.05, 0.1) is 11.4 Å². The van der Waals surface area contributed by atoms with Gasteiger partial charge < -0.3 is 15.0 Å². The zero-order chi connectivity index (χ0) is 24.0. The van der Waals surface area contributed by atoms with Crippen molar-refractivity contribution in [2.24, 2.45) is 5.92 Å². The maximum atomic E-state index is 12.6. The van der Waals surface area contributed by atoms with Gasteiger partial charge in [-0.2, -0.15) is 0 Å². The number of nitrogens with one attached hydrogen (secondary N) is 1. The van der Waals surface area contributed by atoms with Gasteiger partial charge >= 0.3 is 5.97 Å². The van der Waals surface area contributed by atoms with Crippen molar-refractivity contribution in [1.29, 1.82) is 0 Å². The number of carboxylic acid groups (broad SMARTS) is 1. The van der Waals surface area contributed by atoms with E-state index in [-0.39, 0.29) is 29.3 Å². The fraction of sp³-hybridized carbons (Fsp3) is 0.360. The lowest BCUT2D eigenvalue weighted by atomic mass is 9.84. The standard InChI is InChI=1S/C25H27N3O4S/c1-12(2)21-7-15-6-18(20-11-33-25(27-20)26-13(3)4)16(14(5)29)8-17(15)22-9-23(30)19(24(31)32)10-28(21)22/h6,8-13,21H,7H2,1-5H3,(H,26,27)(H,31,32). The Bertz CT molecular complexity index is 1320. The van der Waals surface area contributed by atoms with E-state index in [1.54, 1.807) is 0 Å². The number of thiazole rings is 1. The van der Waals surface area contributed by atoms with Crippen LogP contribution in [0.25, 0.3) is 22.5 Å². The van der Waals surface area contributed by atoms with E-state index in [1.807, 2.05) is 35.9 Å². The number of aromatic carboxylic acids is 1. The summed E-state index contributed by atoms with van der Waals surface area (Å²) in [5.41, 5.74) is 3.69. The number of hydrogen-bond donors (Lipinski definition) is 2. The number of carboxylic acids is 1. The van der Waals surface area contributed by atoms with Gasteiger partial charge in [0.2, 0.25) is 0 Å². The predicted molar refractivity (Wildman–Crippen MR) is 131 cm³/mol. The van der Waals surface area contributed by atoms with Crippen LogP contribution in [-0.4, -0.2) is 32.5 Å². The van der Waals surface area contributed by atoms with E-state index in [1.165, 1.54) is 30.5 Å². The molecule has 1 aliphatic rings. The molecule has 0 saturated carbocycles. The van der Waals surface area contributed by atoms with Crippen LogP contribution in [0.4, 0.5) is 5.13 Å². The van der Waals surface area contributed by atoms with Gasteiger partial charge in [0.25, 0.3) is 0 Å². The van der Waals surface area contributed by atoms with Crippen LogP contribution in [0.5, 0.6) is 0 Å². The number of fused-ring (bicyclic) bond motifs is 3. The zero-order valence-electron chi connectivity index (χ0n) is 19.3. The first-order valence-electron chi connectivity index (χ1n) is 11.0. The summed E-state index contributed by atoms with van der Waals surface area (Å²) in [6, 6.07) is 5.44. The molecule has 1 aromatic carbocycles. The monoisotopic (exact) mass is 465 g/mol. The van der Waals surface area contributed by atoms with E-state index in [9.17, 15) is 19.5 Å². The van der Waals surface area contributed by atoms with Crippen LogP contribution in [0.15, 0.2) is 34.6 Å². The van der Waals surface area contributed by atoms with Crippen LogP contribution in [0.1, 0.15) is 66.9 Å². The number of aromatic nitrogens is 2. The summed E-state index contributed by atoms with van der Waals surface area (Å²) in [5, 5.41) is 15.5. The smallest absolute Gasteiger partial charge is 0.341 e. The Kier molecular flexibility index (Phi) is 5.97. The number of pyridine rings is 1. The summed E-state index contributed by atoms with van der Waals surface area (Å²) >= 11 is 1.50. The normalized spacial score (nSPS) is 14.8. The van der Waals surface area contributed by atoms with Crippen molar-refractivity contribution in [2.75, 3.05) is 5.32 Å². The molecule has 0 saturated heterocycles. The SMILES string of the molecule is CC(=O)c1cc2c(cc1-c1csc(NC(C)C)n1)CC(C(C)C)n1cc(C(=O)O)c(=O)cc1-2. The molecule has 0 bridgehead atoms. The Hall–Kier alpha value is -3.26. The number of carbonyl (C=O) groups is 2. The van der Waals surface area contributed by atoms with Crippen LogP contribution < -0.4 is 10.7 Å². The van der Waals surface area contributed by atoms with E-state index >= 15 is 0 Å². The molecule has 8 heteroatoms. The van der Waals surface area contributed by atoms with Crippen molar-refractivity contribution in [3.8, 4) is 22.5 Å². The van der Waals surface area contributed by atoms with E-state index in [2.05, 4.69) is 19.2 Å². The van der Waals surface area contributed by atoms with Crippen LogP contribution in [-0.2, 0) is 6.42 Å². The van der Waals surface area contributed by atoms with Gasteiger partial charge in [0, 0.05) is 46.4 Å². The van der Waals surface area contributed by atoms with E-state index in [0.29, 0.717) is 17.7 Å². The minimum Gasteiger partial charge on any atom is -0.477 e. The van der Waals surface area contributed by atoms with E-state index in [0.717, 1.165) is 27.5 Å². The van der Waals surface area contributed by atoms with Gasteiger partial charge in [-0.25, -0.2) is 9.78 Å². The topological polar surface area (TPSA) is 101 Å². The number of benzene rings is 1. The summed E-state index contributed by atoms with van der Waals surface area (Å²) in [6.07, 6.45) is 2.10. The maximum Gasteiger partial charge on any atom is 0.341 e. The first kappa shape index (κ1) is 22.9. The third-order valence-electron chi connectivity index (χ3n) is 5.96. The van der Waals surface area contributed by atoms with Crippen LogP contribution in [0, 0.1) is 5.92 Å². The lowest BCUT2D eigenvalue weighted by Gasteiger charge is -2.34. The average Bonchev–Trinajstić information content (AvgIpc) is 3.18. The van der Waals surface area contributed by atoms with Crippen molar-refractivity contribution in [3.63, 3.8) is 0 Å². The first-order valence-corrected chi connectivity index (χ1v) is 11.8. The van der Waals surface area contributed by atoms with Crippen molar-refractivity contribution < 1.29 is 14.7 Å². The van der Waals surface area contributed by atoms with Crippen molar-refractivity contribution in [1.82, 2.24) is 9.55 Å². The van der Waals surface area contributed by atoms with Crippen LogP contribution >= 0.6 is 11.3 Å². The molecular weight excluding hydrogens is 438 g/mol. The van der Waals surface area contributed by atoms with Gasteiger partial charge in [-0.15, -0.1) is 11.3 Å². The minimum absolute atomic E-state index is 0.0177. The van der Waals surface area contributed by atoms with Crippen LogP contribution in [0.3, 0.4) is 0 Å². The third kappa shape index (κ3) is 4.23. The first-order chi connectivity index (χ1) is 15.6. The maximum absolute atomic E-state index is 12.6. The summed E-state index contributed by atoms with van der Waals surface area (Å²) < 4.78 is 1.88. The second-order valence-corrected chi connectivity index (χ2v) is 9.97. The van der Waals surface area contributed by atoms with E-state index < -0.39 is 11.4 Å². The number of carbonyl (C=O) groups excluding carboxylic acids is 1. The molecule has 33 heavy (non-hydrogen) atoms. The van der Waals surface area contributed by atoms with Crippen molar-refractivity contribution in [3.05, 3.63) is 56.7 Å². The van der Waals surface area contributed by atoms with E-state index in [4.69, 9.17) is 4.98 Å². The second-order valence-electron chi connectivity index (χ2n) is 9.11. The number of hydrogen-bond acceptors (Lipinski definition) is 6. The molecule has 4 rings (SSSR count). The summed E-state index contributed by atoms with van der Waals surface area (Å²) in [5.74, 6) is -1.13. The average molecular weight is 466 g/mol. The summed E-state index contributed by atoms with van der Waals surface area (Å²) in [6.45, 7) is 9.76. The van der Waals surface area contributed by atoms with Gasteiger partial charge in [-0.05, 0) is 50.8 Å². The van der Waals surface area contributed by atoms with Gasteiger partial charge in [0.1, 0.15) is 5.56 Å². The highest BCUT2D eigenvalue weighted by Crippen LogP contribution is 2.41. The summed E-state index contributed by atoms with van der Waals surface area (Å²) in [4.78, 5) is 41.4. The highest BCUT2D eigenvalue weighted by molar-refractivity contribution is 7.14. The molecule has 3 aromatic rings. The highest BCUT2D eigenvalue weighted by atomic mass is 32.1. The fourth-order valence-corrected chi connectivity index (χ4v) is 5.20. The third-order valence-corrected chi connectivity index (χ3v) is 6.73. The lowest BCUT2D eigenvalue weighted by molar-refractivity contribution is 0.0694. The molecule has 2 aromatic heterocycles. The number of nitrogens with zero attached hydrogens (tertiary/aromatic N) is 2. The van der Waals surface area contributed by atoms with Gasteiger partial charge in [-0.3, -0.25) is 9.59 Å². The molecule has 1 aliphatic heterocycles. The molecule has 0 aliphatic carbocycles. The zero-order valence-corrected chi connectivity index (χ0v) is 20.1. The lowest BCUT2D eigenvalue weighted by Crippen LogP contribution is -2.28. The Morgan fingerprint density at radius 1 is 1.15 bits per heavy atom. The quantitative estimate of drug-likeness (QED) is 0.491. The molecule has 0 amide bonds. The van der Waals surface area contributed by atoms with Crippen molar-refractivity contribution >= 4 is 28.2 Å². The van der Waals surface area contributed by atoms with Crippen LogP contribution in [0.2, 0.25) is 0 Å². The Morgan fingerprint density at radius 2 is 1.88 bits per heavy atom. The molecule has 3 heterocycles. The molecular formula is C25H27N3O4S. The second kappa shape index (κ2) is 8.59. The van der Waals surface area contributed by atoms with Gasteiger partial charge in [-0.1, -0.05) is 13.8 Å². The number of Topliss-reactive ketones (excluding diaryl/α,β-unsaturated/α-hetero) is 1. The largest absolute Gasteiger partial charge is 0.477 e. The van der Waals surface area contributed by atoms with Gasteiger partial charge in [0.15, 0.2) is 16.3 Å². The molecule has 172 valence electrons. The van der Waals surface area contributed by atoms with Crippen molar-refractivity contribution in [2.45, 2.75) is 53.1 Å². The number of rotatable bonds is 6. The predicted octanol–water partition coefficient (Wildman–Crippen LogP) is 5.11. The molecule has 2 N–H and O–H groups in total. The molecule has 0 fully saturated rings. The molecule has 0 spiro atoms. The Balaban J connectivity index is 1.93. The number of ketones is 1. The Morgan fingerprint density at radius 3 is 2.48 bits per heavy atom. The minimum atomic E-state index is -1.24. The molecule has 0 radical (unpaired) electrons. The molecule has 1 unspecified atom stereocenters.